The Bertz CT molecular complexity index is 2830. The molecule has 4 atom stereocenters. The van der Waals surface area contributed by atoms with Crippen LogP contribution in [0.5, 0.6) is 0 Å². The number of carbonyl (C=O) groups is 4. The maximum absolute atomic E-state index is 14.1. The summed E-state index contributed by atoms with van der Waals surface area (Å²) in [5, 5.41) is 19.3. The van der Waals surface area contributed by atoms with Crippen molar-refractivity contribution >= 4 is 46.2 Å². The van der Waals surface area contributed by atoms with E-state index < -0.39 is 35.4 Å². The lowest BCUT2D eigenvalue weighted by Gasteiger charge is -2.35. The van der Waals surface area contributed by atoms with Crippen LogP contribution in [0.2, 0.25) is 0 Å². The third-order valence-electron chi connectivity index (χ3n) is 14.6. The summed E-state index contributed by atoms with van der Waals surface area (Å²) in [6, 6.07) is 12.2. The lowest BCUT2D eigenvalue weighted by atomic mass is 9.85. The molecule has 0 bridgehead atoms. The lowest BCUT2D eigenvalue weighted by molar-refractivity contribution is -0.144. The minimum atomic E-state index is -0.969. The van der Waals surface area contributed by atoms with Gasteiger partial charge in [0.1, 0.15) is 18.7 Å². The van der Waals surface area contributed by atoms with Crippen LogP contribution in [0.1, 0.15) is 88.2 Å². The van der Waals surface area contributed by atoms with Crippen molar-refractivity contribution in [1.82, 2.24) is 45.6 Å². The number of rotatable bonds is 27. The summed E-state index contributed by atoms with van der Waals surface area (Å²) in [5.41, 5.74) is 8.81. The monoisotopic (exact) mass is 1120 g/mol. The number of carbonyl (C=O) groups excluding carboxylic acids is 4. The Hall–Kier alpha value is -6.55. The van der Waals surface area contributed by atoms with Crippen molar-refractivity contribution in [3.8, 4) is 10.4 Å². The Morgan fingerprint density at radius 1 is 0.963 bits per heavy atom. The Morgan fingerprint density at radius 3 is 2.34 bits per heavy atom. The van der Waals surface area contributed by atoms with Crippen molar-refractivity contribution in [1.29, 1.82) is 0 Å². The zero-order valence-electron chi connectivity index (χ0n) is 48.4. The van der Waals surface area contributed by atoms with Gasteiger partial charge in [-0.3, -0.25) is 33.9 Å². The molecule has 0 aliphatic carbocycles. The molecule has 5 N–H and O–H groups in total. The molecule has 80 heavy (non-hydrogen) atoms. The Kier molecular flexibility index (Phi) is 23.7. The summed E-state index contributed by atoms with van der Waals surface area (Å²) in [5.74, 6) is -1.58. The van der Waals surface area contributed by atoms with E-state index in [0.717, 1.165) is 89.9 Å². The van der Waals surface area contributed by atoms with E-state index in [4.69, 9.17) is 19.2 Å². The number of aromatic amines is 1. The maximum Gasteiger partial charge on any atom is 0.253 e. The average Bonchev–Trinajstić information content (AvgIpc) is 4.11. The Labute approximate surface area is 475 Å². The third-order valence-corrected chi connectivity index (χ3v) is 15.5. The number of aliphatic hydroxyl groups is 1. The molecule has 0 saturated carbocycles. The first-order valence-electron chi connectivity index (χ1n) is 27.7. The number of likely N-dealkylation sites (tertiary alicyclic amines) is 1. The molecule has 2 aliphatic heterocycles. The molecular weight excluding hydrogens is 1040 g/mol. The fraction of sp³-hybridized carbons (Fsp3) is 0.517. The van der Waals surface area contributed by atoms with E-state index in [2.05, 4.69) is 60.5 Å². The summed E-state index contributed by atoms with van der Waals surface area (Å²) >= 11 is 1.57. The summed E-state index contributed by atoms with van der Waals surface area (Å²) in [6.07, 6.45) is 9.58. The van der Waals surface area contributed by atoms with Gasteiger partial charge in [-0.2, -0.15) is 0 Å². The van der Waals surface area contributed by atoms with Gasteiger partial charge in [0.25, 0.3) is 11.5 Å². The first kappa shape index (κ1) is 62.6. The predicted octanol–water partition coefficient (Wildman–Crippen LogP) is 5.69. The number of aryl methyl sites for hydroxylation is 3. The van der Waals surface area contributed by atoms with Crippen LogP contribution in [0, 0.1) is 26.2 Å². The Morgan fingerprint density at radius 2 is 1.70 bits per heavy atom. The lowest BCUT2D eigenvalue weighted by Crippen LogP contribution is -2.58. The minimum absolute atomic E-state index is 0.0183. The highest BCUT2D eigenvalue weighted by Gasteiger charge is 2.44. The molecule has 2 saturated heterocycles. The number of aromatic nitrogens is 3. The van der Waals surface area contributed by atoms with E-state index in [1.54, 1.807) is 24.5 Å². The summed E-state index contributed by atoms with van der Waals surface area (Å²) in [4.78, 5) is 88.4. The number of H-pyrrole nitrogens is 1. The van der Waals surface area contributed by atoms with Crippen molar-refractivity contribution < 1.29 is 38.5 Å². The van der Waals surface area contributed by atoms with E-state index in [0.29, 0.717) is 30.0 Å². The van der Waals surface area contributed by atoms with Crippen LogP contribution in [0.25, 0.3) is 16.0 Å². The average molecular weight is 1120 g/mol. The molecule has 2 fully saturated rings. The molecule has 3 aromatic heterocycles. The second kappa shape index (κ2) is 30.3. The topological polar surface area (TPSA) is 224 Å². The molecular formula is C60H84N10O9S. The number of anilines is 1. The molecule has 0 spiro atoms. The number of allylic oxidation sites excluding steroid dienone is 3. The van der Waals surface area contributed by atoms with Crippen molar-refractivity contribution in [2.24, 2.45) is 5.41 Å². The number of amides is 4. The van der Waals surface area contributed by atoms with E-state index in [1.165, 1.54) is 4.90 Å². The first-order valence-corrected chi connectivity index (χ1v) is 28.6. The largest absolute Gasteiger partial charge is 0.391 e. The molecule has 0 radical (unpaired) electrons. The highest BCUT2D eigenvalue weighted by Crippen LogP contribution is 2.29. The van der Waals surface area contributed by atoms with Gasteiger partial charge in [-0.25, -0.2) is 4.98 Å². The molecule has 19 nitrogen and oxygen atoms in total. The highest BCUT2D eigenvalue weighted by atomic mass is 32.1. The second-order valence-corrected chi connectivity index (χ2v) is 22.4. The second-order valence-electron chi connectivity index (χ2n) is 21.6. The maximum atomic E-state index is 14.1. The van der Waals surface area contributed by atoms with Gasteiger partial charge in [0.15, 0.2) is 0 Å². The van der Waals surface area contributed by atoms with Crippen LogP contribution in [-0.4, -0.2) is 169 Å². The molecule has 6 rings (SSSR count). The number of benzene rings is 1. The van der Waals surface area contributed by atoms with E-state index >= 15 is 0 Å². The minimum Gasteiger partial charge on any atom is -0.391 e. The van der Waals surface area contributed by atoms with Crippen molar-refractivity contribution in [3.63, 3.8) is 0 Å². The van der Waals surface area contributed by atoms with Gasteiger partial charge in [0.05, 0.1) is 59.6 Å². The van der Waals surface area contributed by atoms with E-state index in [9.17, 15) is 29.1 Å². The van der Waals surface area contributed by atoms with Crippen LogP contribution >= 0.6 is 11.3 Å². The number of aliphatic hydroxyl groups excluding tert-OH is 1. The molecule has 434 valence electrons. The summed E-state index contributed by atoms with van der Waals surface area (Å²) in [7, 11) is 1.70. The number of nitrogens with one attached hydrogen (secondary N) is 4. The number of β-amino-alcohol motifs (C(OH)–C–C–N with tert-alkyl or cyclic N) is 1. The van der Waals surface area contributed by atoms with Crippen molar-refractivity contribution in [2.75, 3.05) is 90.9 Å². The molecule has 1 unspecified atom stereocenters. The zero-order chi connectivity index (χ0) is 57.9. The Balaban J connectivity index is 0.934. The highest BCUT2D eigenvalue weighted by molar-refractivity contribution is 7.13. The van der Waals surface area contributed by atoms with Crippen molar-refractivity contribution in [3.05, 3.63) is 128 Å². The molecule has 2 aliphatic rings. The molecule has 1 aromatic carbocycles. The number of hydrogen-bond donors (Lipinski definition) is 5. The number of hydrogen-bond acceptors (Lipinski definition) is 15. The molecule has 4 amide bonds. The molecule has 4 aromatic rings. The van der Waals surface area contributed by atoms with Crippen LogP contribution in [-0.2, 0) is 46.5 Å². The van der Waals surface area contributed by atoms with Crippen molar-refractivity contribution in [2.45, 2.75) is 112 Å². The van der Waals surface area contributed by atoms with Crippen LogP contribution in [0.4, 0.5) is 5.69 Å². The summed E-state index contributed by atoms with van der Waals surface area (Å²) in [6.45, 7) is 23.7. The van der Waals surface area contributed by atoms with Crippen LogP contribution < -0.4 is 26.4 Å². The van der Waals surface area contributed by atoms with E-state index in [1.807, 2.05) is 115 Å². The smallest absolute Gasteiger partial charge is 0.253 e. The third kappa shape index (κ3) is 18.0. The summed E-state index contributed by atoms with van der Waals surface area (Å²) < 4.78 is 16.9. The first-order chi connectivity index (χ1) is 38.3. The fourth-order valence-corrected chi connectivity index (χ4v) is 10.6. The number of nitrogens with zero attached hydrogens (tertiary/aromatic N) is 6. The standard InChI is InChI=1S/C60H84N10O9S/c1-11-45(56(73)63-36-50-40(3)31-41(4)65-57(50)74)32-47(19-21-68(12-2)42(5)20-27-77-10)51-18-17-48(35-61-51)69-24-22-67(23-25-69)26-28-78-29-30-79-38-53(72)66-55(60(7,8)9)59(76)70-37-49(71)33-52(70)58(75)62-34-44-13-15-46(16-14-44)54-43(6)64-39-80-54/h11,13-19,21,31-32,35,39,42,49,52,55,71H,12,20,22-30,33-34,36-38H2,1-10H3,(H,62,75)(H,63,73)(H,65,74)(H,66,72)/b21-19+,45-11-,47-32+/t42?,49-,52+,55-/m1/s1. The van der Waals surface area contributed by atoms with Gasteiger partial charge in [0.2, 0.25) is 17.7 Å². The SMILES string of the molecule is C/C=C(/C=C(\C=C\N(CC)C(C)CCOC)c1ccc(N2CCN(CCOCCOCC(=O)N[C@H](C(=O)N3C[C@H](O)C[C@H]3C(=O)NCc3ccc(-c4scnc4C)cc3)C(C)(C)C)CC2)cn1)C(=O)NCc1c(C)cc(C)[nH]c1=O. The normalized spacial score (nSPS) is 17.2. The van der Waals surface area contributed by atoms with Crippen LogP contribution in [0.15, 0.2) is 89.0 Å². The van der Waals surface area contributed by atoms with Gasteiger partial charge in [-0.05, 0) is 107 Å². The fourth-order valence-electron chi connectivity index (χ4n) is 9.76. The van der Waals surface area contributed by atoms with Gasteiger partial charge < -0.3 is 55.0 Å². The number of thiazole rings is 1. The van der Waals surface area contributed by atoms with E-state index in [-0.39, 0.29) is 69.3 Å². The van der Waals surface area contributed by atoms with Gasteiger partial charge in [-0.1, -0.05) is 51.1 Å². The van der Waals surface area contributed by atoms with Crippen LogP contribution in [0.3, 0.4) is 0 Å². The van der Waals surface area contributed by atoms with Gasteiger partial charge in [0, 0.05) is 107 Å². The quantitative estimate of drug-likeness (QED) is 0.0275. The number of methoxy groups -OCH3 is 1. The predicted molar refractivity (Wildman–Crippen MR) is 314 cm³/mol. The zero-order valence-corrected chi connectivity index (χ0v) is 49.2. The molecule has 20 heteroatoms. The van der Waals surface area contributed by atoms with Gasteiger partial charge in [-0.15, -0.1) is 11.3 Å². The molecule has 5 heterocycles. The number of piperazine rings is 1. The number of pyridine rings is 2. The number of ether oxygens (including phenoxy) is 3. The van der Waals surface area contributed by atoms with Gasteiger partial charge >= 0.3 is 0 Å².